The van der Waals surface area contributed by atoms with Crippen molar-refractivity contribution in [2.45, 2.75) is 31.4 Å². The molecule has 0 aromatic carbocycles. The fourth-order valence-corrected chi connectivity index (χ4v) is 1.44. The molecule has 1 saturated carbocycles. The lowest BCUT2D eigenvalue weighted by Gasteiger charge is -2.28. The minimum atomic E-state index is 0.152. The Morgan fingerprint density at radius 3 is 2.83 bits per heavy atom. The van der Waals surface area contributed by atoms with Crippen LogP contribution in [0.1, 0.15) is 19.3 Å². The van der Waals surface area contributed by atoms with Crippen LogP contribution in [0.2, 0.25) is 0 Å². The van der Waals surface area contributed by atoms with E-state index < -0.39 is 0 Å². The third kappa shape index (κ3) is 2.19. The molecule has 0 amide bonds. The van der Waals surface area contributed by atoms with Gasteiger partial charge in [0.1, 0.15) is 0 Å². The van der Waals surface area contributed by atoms with E-state index >= 15 is 0 Å². The molecule has 70 valence electrons. The van der Waals surface area contributed by atoms with Gasteiger partial charge in [-0.05, 0) is 25.2 Å². The lowest BCUT2D eigenvalue weighted by Crippen LogP contribution is -2.44. The van der Waals surface area contributed by atoms with E-state index in [0.717, 1.165) is 25.6 Å². The van der Waals surface area contributed by atoms with Crippen molar-refractivity contribution in [3.8, 4) is 0 Å². The van der Waals surface area contributed by atoms with Gasteiger partial charge in [-0.3, -0.25) is 0 Å². The van der Waals surface area contributed by atoms with Crippen LogP contribution in [0.25, 0.3) is 0 Å². The third-order valence-electron chi connectivity index (χ3n) is 2.60. The molecule has 2 atom stereocenters. The molecule has 1 aliphatic carbocycles. The summed E-state index contributed by atoms with van der Waals surface area (Å²) in [4.78, 5) is 0. The minimum absolute atomic E-state index is 0.152. The molecule has 3 nitrogen and oxygen atoms in total. The quantitative estimate of drug-likeness (QED) is 0.673. The predicted molar refractivity (Wildman–Crippen MR) is 45.9 cm³/mol. The van der Waals surface area contributed by atoms with Gasteiger partial charge >= 0.3 is 0 Å². The van der Waals surface area contributed by atoms with Gasteiger partial charge in [-0.25, -0.2) is 0 Å². The number of rotatable bonds is 3. The van der Waals surface area contributed by atoms with Crippen molar-refractivity contribution in [2.75, 3.05) is 19.8 Å². The molecule has 1 heterocycles. The maximum atomic E-state index is 5.88. The Labute approximate surface area is 73.2 Å². The zero-order valence-electron chi connectivity index (χ0n) is 7.37. The Morgan fingerprint density at radius 1 is 1.33 bits per heavy atom. The second-order valence-electron chi connectivity index (χ2n) is 3.84. The molecular formula is C9H17NO2. The van der Waals surface area contributed by atoms with Crippen LogP contribution in [0, 0.1) is 5.92 Å². The number of ether oxygens (including phenoxy) is 2. The van der Waals surface area contributed by atoms with Gasteiger partial charge in [0.15, 0.2) is 0 Å². The number of hydrogen-bond acceptors (Lipinski definition) is 3. The highest BCUT2D eigenvalue weighted by atomic mass is 16.5. The fraction of sp³-hybridized carbons (Fsp3) is 1.00. The molecular weight excluding hydrogens is 154 g/mol. The Kier molecular flexibility index (Phi) is 2.63. The number of nitrogens with two attached hydrogens (primary N) is 1. The maximum Gasteiger partial charge on any atom is 0.0959 e. The second-order valence-corrected chi connectivity index (χ2v) is 3.84. The van der Waals surface area contributed by atoms with E-state index in [1.54, 1.807) is 0 Å². The largest absolute Gasteiger partial charge is 0.379 e. The van der Waals surface area contributed by atoms with Crippen molar-refractivity contribution in [1.82, 2.24) is 0 Å². The van der Waals surface area contributed by atoms with E-state index in [0.29, 0.717) is 6.61 Å². The van der Waals surface area contributed by atoms with Crippen LogP contribution in [-0.2, 0) is 9.47 Å². The molecule has 3 heteroatoms. The van der Waals surface area contributed by atoms with Gasteiger partial charge in [-0.1, -0.05) is 0 Å². The summed E-state index contributed by atoms with van der Waals surface area (Å²) in [5.41, 5.74) is 5.88. The summed E-state index contributed by atoms with van der Waals surface area (Å²) >= 11 is 0. The highest BCUT2D eigenvalue weighted by Crippen LogP contribution is 2.29. The van der Waals surface area contributed by atoms with E-state index in [9.17, 15) is 0 Å². The lowest BCUT2D eigenvalue weighted by atomic mass is 10.1. The first-order chi connectivity index (χ1) is 5.86. The van der Waals surface area contributed by atoms with Gasteiger partial charge in [-0.2, -0.15) is 0 Å². The first-order valence-electron chi connectivity index (χ1n) is 4.81. The topological polar surface area (TPSA) is 44.5 Å². The van der Waals surface area contributed by atoms with Crippen molar-refractivity contribution in [3.63, 3.8) is 0 Å². The molecule has 2 N–H and O–H groups in total. The van der Waals surface area contributed by atoms with Gasteiger partial charge in [0.2, 0.25) is 0 Å². The lowest BCUT2D eigenvalue weighted by molar-refractivity contribution is -0.0639. The van der Waals surface area contributed by atoms with Crippen molar-refractivity contribution in [3.05, 3.63) is 0 Å². The van der Waals surface area contributed by atoms with Crippen LogP contribution in [-0.4, -0.2) is 32.0 Å². The van der Waals surface area contributed by atoms with Crippen LogP contribution in [0.5, 0.6) is 0 Å². The molecule has 1 saturated heterocycles. The zero-order valence-corrected chi connectivity index (χ0v) is 7.37. The smallest absolute Gasteiger partial charge is 0.0959 e. The highest BCUT2D eigenvalue weighted by Gasteiger charge is 2.27. The van der Waals surface area contributed by atoms with Crippen molar-refractivity contribution >= 4 is 0 Å². The Balaban J connectivity index is 1.68. The minimum Gasteiger partial charge on any atom is -0.379 e. The normalized spacial score (nSPS) is 36.8. The van der Waals surface area contributed by atoms with Gasteiger partial charge in [0, 0.05) is 19.3 Å². The van der Waals surface area contributed by atoms with Gasteiger partial charge in [0.25, 0.3) is 0 Å². The monoisotopic (exact) mass is 171 g/mol. The van der Waals surface area contributed by atoms with E-state index in [2.05, 4.69) is 0 Å². The van der Waals surface area contributed by atoms with Crippen molar-refractivity contribution in [1.29, 1.82) is 0 Å². The van der Waals surface area contributed by atoms with Gasteiger partial charge in [-0.15, -0.1) is 0 Å². The predicted octanol–water partition coefficient (Wildman–Crippen LogP) is 0.529. The zero-order chi connectivity index (χ0) is 8.39. The molecule has 0 unspecified atom stereocenters. The molecule has 2 rings (SSSR count). The molecule has 0 bridgehead atoms. The van der Waals surface area contributed by atoms with E-state index in [1.807, 2.05) is 0 Å². The number of hydrogen-bond donors (Lipinski definition) is 1. The van der Waals surface area contributed by atoms with Crippen LogP contribution >= 0.6 is 0 Å². The van der Waals surface area contributed by atoms with E-state index in [4.69, 9.17) is 15.2 Å². The van der Waals surface area contributed by atoms with E-state index in [-0.39, 0.29) is 12.1 Å². The summed E-state index contributed by atoms with van der Waals surface area (Å²) in [6.45, 7) is 2.38. The van der Waals surface area contributed by atoms with Crippen LogP contribution < -0.4 is 5.73 Å². The Hall–Kier alpha value is -0.120. The molecule has 0 aromatic heterocycles. The summed E-state index contributed by atoms with van der Waals surface area (Å²) in [7, 11) is 0. The summed E-state index contributed by atoms with van der Waals surface area (Å²) in [5.74, 6) is 0.819. The molecule has 0 aromatic rings. The van der Waals surface area contributed by atoms with Crippen molar-refractivity contribution < 1.29 is 9.47 Å². The fourth-order valence-electron chi connectivity index (χ4n) is 1.44. The summed E-state index contributed by atoms with van der Waals surface area (Å²) in [5, 5.41) is 0. The van der Waals surface area contributed by atoms with Crippen LogP contribution in [0.3, 0.4) is 0 Å². The second kappa shape index (κ2) is 3.73. The average molecular weight is 171 g/mol. The average Bonchev–Trinajstić information content (AvgIpc) is 2.86. The molecule has 2 fully saturated rings. The molecule has 2 aliphatic rings. The molecule has 12 heavy (non-hydrogen) atoms. The Bertz CT molecular complexity index is 147. The molecule has 0 radical (unpaired) electrons. The molecule has 0 spiro atoms. The first-order valence-corrected chi connectivity index (χ1v) is 4.81. The van der Waals surface area contributed by atoms with Crippen LogP contribution in [0.15, 0.2) is 0 Å². The molecule has 1 aliphatic heterocycles. The highest BCUT2D eigenvalue weighted by molar-refractivity contribution is 4.79. The van der Waals surface area contributed by atoms with Crippen molar-refractivity contribution in [2.24, 2.45) is 11.7 Å². The Morgan fingerprint density at radius 2 is 2.17 bits per heavy atom. The summed E-state index contributed by atoms with van der Waals surface area (Å²) in [6, 6.07) is 0.192. The van der Waals surface area contributed by atoms with E-state index in [1.165, 1.54) is 12.8 Å². The summed E-state index contributed by atoms with van der Waals surface area (Å²) < 4.78 is 11.0. The van der Waals surface area contributed by atoms with Gasteiger partial charge < -0.3 is 15.2 Å². The first kappa shape index (κ1) is 8.48. The standard InChI is InChI=1S/C9H17NO2/c10-8-3-4-11-6-9(8)12-5-7-1-2-7/h7-9H,1-6,10H2/t8-,9-/m0/s1. The SMILES string of the molecule is N[C@H]1CCOC[C@@H]1OCC1CC1. The maximum absolute atomic E-state index is 5.88. The third-order valence-corrected chi connectivity index (χ3v) is 2.60. The van der Waals surface area contributed by atoms with Gasteiger partial charge in [0.05, 0.1) is 12.7 Å². The van der Waals surface area contributed by atoms with Crippen LogP contribution in [0.4, 0.5) is 0 Å². The summed E-state index contributed by atoms with van der Waals surface area (Å²) in [6.07, 6.45) is 3.76.